The maximum absolute atomic E-state index is 11.4. The summed E-state index contributed by atoms with van der Waals surface area (Å²) in [5.74, 6) is 1.54. The van der Waals surface area contributed by atoms with E-state index in [4.69, 9.17) is 4.99 Å². The first-order valence-electron chi connectivity index (χ1n) is 10.2. The molecule has 0 aromatic carbocycles. The zero-order chi connectivity index (χ0) is 19.6. The lowest BCUT2D eigenvalue weighted by molar-refractivity contribution is 0.166. The van der Waals surface area contributed by atoms with E-state index in [0.717, 1.165) is 19.0 Å². The maximum Gasteiger partial charge on any atom is 0.191 e. The highest BCUT2D eigenvalue weighted by atomic mass is 127. The van der Waals surface area contributed by atoms with Gasteiger partial charge in [0, 0.05) is 24.9 Å². The number of aliphatic imine (C=N–C) groups is 1. The lowest BCUT2D eigenvalue weighted by atomic mass is 10.0. The number of nitrogens with one attached hydrogen (secondary N) is 2. The zero-order valence-electron chi connectivity index (χ0n) is 17.8. The molecule has 1 aliphatic rings. The van der Waals surface area contributed by atoms with Gasteiger partial charge in [-0.3, -0.25) is 9.89 Å². The predicted octanol–water partition coefficient (Wildman–Crippen LogP) is 2.88. The van der Waals surface area contributed by atoms with Crippen molar-refractivity contribution in [2.45, 2.75) is 71.9 Å². The number of guanidine groups is 1. The number of sulfone groups is 1. The van der Waals surface area contributed by atoms with Crippen LogP contribution in [-0.4, -0.2) is 69.5 Å². The molecule has 27 heavy (non-hydrogen) atoms. The fraction of sp³-hybridized carbons (Fsp3) is 0.947. The van der Waals surface area contributed by atoms with E-state index in [9.17, 15) is 8.42 Å². The van der Waals surface area contributed by atoms with Crippen molar-refractivity contribution >= 4 is 39.8 Å². The molecule has 1 aliphatic heterocycles. The van der Waals surface area contributed by atoms with Crippen LogP contribution in [0.5, 0.6) is 0 Å². The first kappa shape index (κ1) is 26.9. The maximum atomic E-state index is 11.4. The average Bonchev–Trinajstić information content (AvgIpc) is 2.81. The minimum atomic E-state index is -2.93. The summed E-state index contributed by atoms with van der Waals surface area (Å²) in [6.07, 6.45) is 7.12. The molecule has 1 saturated heterocycles. The van der Waals surface area contributed by atoms with Crippen LogP contribution in [0.15, 0.2) is 4.99 Å². The Labute approximate surface area is 184 Å². The molecule has 0 spiro atoms. The molecule has 2 unspecified atom stereocenters. The summed E-state index contributed by atoms with van der Waals surface area (Å²) in [5, 5.41) is 6.65. The van der Waals surface area contributed by atoms with Crippen LogP contribution in [-0.2, 0) is 9.84 Å². The first-order chi connectivity index (χ1) is 12.2. The molecule has 0 saturated carbocycles. The van der Waals surface area contributed by atoms with Crippen LogP contribution in [0, 0.1) is 5.92 Å². The summed E-state index contributed by atoms with van der Waals surface area (Å²) in [7, 11) is -2.93. The SMILES string of the molecule is CCNC(=NCC(C(C)C)N1CCCCCC1)NC(C)CCS(C)(=O)=O.I. The van der Waals surface area contributed by atoms with Crippen molar-refractivity contribution in [2.75, 3.05) is 38.2 Å². The standard InChI is InChI=1S/C19H40N4O2S.HI/c1-6-20-19(22-17(4)11-14-26(5,24)25)21-15-18(16(2)3)23-12-9-7-8-10-13-23;/h16-18H,6-15H2,1-5H3,(H2,20,21,22);1H. The molecule has 6 nitrogen and oxygen atoms in total. The molecule has 0 aliphatic carbocycles. The lowest BCUT2D eigenvalue weighted by Crippen LogP contribution is -2.45. The van der Waals surface area contributed by atoms with Crippen LogP contribution in [0.25, 0.3) is 0 Å². The third kappa shape index (κ3) is 12.2. The second-order valence-corrected chi connectivity index (χ2v) is 10.2. The molecule has 0 radical (unpaired) electrons. The van der Waals surface area contributed by atoms with E-state index >= 15 is 0 Å². The van der Waals surface area contributed by atoms with Crippen molar-refractivity contribution in [3.63, 3.8) is 0 Å². The number of hydrogen-bond acceptors (Lipinski definition) is 4. The van der Waals surface area contributed by atoms with Gasteiger partial charge >= 0.3 is 0 Å². The van der Waals surface area contributed by atoms with Crippen molar-refractivity contribution in [1.82, 2.24) is 15.5 Å². The molecule has 8 heteroatoms. The summed E-state index contributed by atoms with van der Waals surface area (Å²) >= 11 is 0. The third-order valence-electron chi connectivity index (χ3n) is 4.96. The average molecular weight is 517 g/mol. The number of hydrogen-bond donors (Lipinski definition) is 2. The van der Waals surface area contributed by atoms with E-state index < -0.39 is 9.84 Å². The molecule has 2 atom stereocenters. The van der Waals surface area contributed by atoms with Crippen LogP contribution < -0.4 is 10.6 Å². The predicted molar refractivity (Wildman–Crippen MR) is 127 cm³/mol. The van der Waals surface area contributed by atoms with Crippen LogP contribution in [0.4, 0.5) is 0 Å². The quantitative estimate of drug-likeness (QED) is 0.280. The van der Waals surface area contributed by atoms with Crippen molar-refractivity contribution < 1.29 is 8.42 Å². The monoisotopic (exact) mass is 516 g/mol. The smallest absolute Gasteiger partial charge is 0.191 e. The van der Waals surface area contributed by atoms with Crippen molar-refractivity contribution in [3.05, 3.63) is 0 Å². The summed E-state index contributed by atoms with van der Waals surface area (Å²) in [5.41, 5.74) is 0. The molecule has 1 rings (SSSR count). The fourth-order valence-electron chi connectivity index (χ4n) is 3.38. The molecule has 1 fully saturated rings. The Balaban J connectivity index is 0.00000676. The van der Waals surface area contributed by atoms with Gasteiger partial charge in [-0.15, -0.1) is 24.0 Å². The molecule has 2 N–H and O–H groups in total. The topological polar surface area (TPSA) is 73.8 Å². The van der Waals surface area contributed by atoms with Crippen LogP contribution in [0.2, 0.25) is 0 Å². The number of rotatable bonds is 9. The molecule has 0 aromatic rings. The summed E-state index contributed by atoms with van der Waals surface area (Å²) in [6.45, 7) is 12.5. The van der Waals surface area contributed by atoms with Gasteiger partial charge in [-0.2, -0.15) is 0 Å². The number of halogens is 1. The Morgan fingerprint density at radius 1 is 1.11 bits per heavy atom. The van der Waals surface area contributed by atoms with Gasteiger partial charge in [0.25, 0.3) is 0 Å². The summed E-state index contributed by atoms with van der Waals surface area (Å²) < 4.78 is 22.7. The van der Waals surface area contributed by atoms with Gasteiger partial charge in [0.1, 0.15) is 9.84 Å². The minimum absolute atomic E-state index is 0. The Morgan fingerprint density at radius 3 is 2.19 bits per heavy atom. The number of likely N-dealkylation sites (tertiary alicyclic amines) is 1. The highest BCUT2D eigenvalue weighted by Gasteiger charge is 2.22. The minimum Gasteiger partial charge on any atom is -0.357 e. The van der Waals surface area contributed by atoms with E-state index in [2.05, 4.69) is 29.4 Å². The van der Waals surface area contributed by atoms with E-state index in [1.165, 1.54) is 45.0 Å². The Kier molecular flexibility index (Phi) is 13.9. The van der Waals surface area contributed by atoms with E-state index in [1.54, 1.807) is 0 Å². The Bertz CT molecular complexity index is 518. The zero-order valence-corrected chi connectivity index (χ0v) is 21.0. The molecule has 0 bridgehead atoms. The molecule has 0 aromatic heterocycles. The van der Waals surface area contributed by atoms with Gasteiger partial charge in [-0.05, 0) is 52.1 Å². The van der Waals surface area contributed by atoms with Gasteiger partial charge in [-0.1, -0.05) is 26.7 Å². The van der Waals surface area contributed by atoms with Gasteiger partial charge in [-0.25, -0.2) is 8.42 Å². The fourth-order valence-corrected chi connectivity index (χ4v) is 4.16. The Hall–Kier alpha value is -0.0900. The lowest BCUT2D eigenvalue weighted by Gasteiger charge is -2.32. The van der Waals surface area contributed by atoms with Crippen molar-refractivity contribution in [2.24, 2.45) is 10.9 Å². The molecule has 0 amide bonds. The second kappa shape index (κ2) is 14.0. The van der Waals surface area contributed by atoms with Gasteiger partial charge in [0.05, 0.1) is 12.3 Å². The Morgan fingerprint density at radius 2 is 1.70 bits per heavy atom. The van der Waals surface area contributed by atoms with E-state index in [1.807, 2.05) is 13.8 Å². The molecule has 1 heterocycles. The summed E-state index contributed by atoms with van der Waals surface area (Å²) in [6, 6.07) is 0.521. The largest absolute Gasteiger partial charge is 0.357 e. The molecular weight excluding hydrogens is 475 g/mol. The third-order valence-corrected chi connectivity index (χ3v) is 5.94. The highest BCUT2D eigenvalue weighted by Crippen LogP contribution is 2.17. The molecule has 162 valence electrons. The normalized spacial score (nSPS) is 19.1. The van der Waals surface area contributed by atoms with Gasteiger partial charge in [0.15, 0.2) is 5.96 Å². The van der Waals surface area contributed by atoms with Crippen LogP contribution in [0.1, 0.15) is 59.8 Å². The van der Waals surface area contributed by atoms with Gasteiger partial charge in [0.2, 0.25) is 0 Å². The van der Waals surface area contributed by atoms with Gasteiger partial charge < -0.3 is 10.6 Å². The van der Waals surface area contributed by atoms with Crippen LogP contribution >= 0.6 is 24.0 Å². The summed E-state index contributed by atoms with van der Waals surface area (Å²) in [4.78, 5) is 7.44. The second-order valence-electron chi connectivity index (χ2n) is 7.95. The van der Waals surface area contributed by atoms with E-state index in [-0.39, 0.29) is 35.8 Å². The van der Waals surface area contributed by atoms with Crippen molar-refractivity contribution in [1.29, 1.82) is 0 Å². The highest BCUT2D eigenvalue weighted by molar-refractivity contribution is 14.0. The van der Waals surface area contributed by atoms with E-state index in [0.29, 0.717) is 18.4 Å². The van der Waals surface area contributed by atoms with Crippen LogP contribution in [0.3, 0.4) is 0 Å². The first-order valence-corrected chi connectivity index (χ1v) is 12.3. The number of nitrogens with zero attached hydrogens (tertiary/aromatic N) is 2. The molecular formula is C19H41IN4O2S. The van der Waals surface area contributed by atoms with Crippen molar-refractivity contribution in [3.8, 4) is 0 Å².